The Labute approximate surface area is 101 Å². The van der Waals surface area contributed by atoms with Crippen LogP contribution in [-0.4, -0.2) is 41.3 Å². The highest BCUT2D eigenvalue weighted by Gasteiger charge is 2.32. The Morgan fingerprint density at radius 1 is 1.53 bits per heavy atom. The third kappa shape index (κ3) is 3.67. The van der Waals surface area contributed by atoms with Crippen LogP contribution in [-0.2, 0) is 14.3 Å². The molecule has 6 nitrogen and oxygen atoms in total. The summed E-state index contributed by atoms with van der Waals surface area (Å²) in [6, 6.07) is 0. The largest absolute Gasteiger partial charge is 0.479 e. The second kappa shape index (κ2) is 5.46. The Morgan fingerprint density at radius 2 is 2.18 bits per heavy atom. The van der Waals surface area contributed by atoms with Crippen LogP contribution >= 0.6 is 0 Å². The number of carboxylic acid groups (broad SMARTS) is 1. The number of aliphatic carboxylic acids is 1. The highest BCUT2D eigenvalue weighted by Crippen LogP contribution is 2.19. The number of carbonyl (C=O) groups is 2. The van der Waals surface area contributed by atoms with Crippen LogP contribution in [0.1, 0.15) is 33.1 Å². The van der Waals surface area contributed by atoms with E-state index in [2.05, 4.69) is 5.32 Å². The van der Waals surface area contributed by atoms with Crippen molar-refractivity contribution in [3.8, 4) is 0 Å². The van der Waals surface area contributed by atoms with E-state index >= 15 is 0 Å². The van der Waals surface area contributed by atoms with Crippen LogP contribution in [0.3, 0.4) is 0 Å². The Balaban J connectivity index is 2.33. The van der Waals surface area contributed by atoms with Crippen molar-refractivity contribution in [1.82, 2.24) is 5.32 Å². The Kier molecular flexibility index (Phi) is 4.47. The van der Waals surface area contributed by atoms with Crippen LogP contribution in [0.4, 0.5) is 0 Å². The van der Waals surface area contributed by atoms with Crippen LogP contribution in [0.25, 0.3) is 0 Å². The zero-order valence-electron chi connectivity index (χ0n) is 10.2. The Hall–Kier alpha value is -1.14. The molecule has 17 heavy (non-hydrogen) atoms. The summed E-state index contributed by atoms with van der Waals surface area (Å²) in [7, 11) is 0. The fraction of sp³-hybridized carbons (Fsp3) is 0.818. The van der Waals surface area contributed by atoms with Gasteiger partial charge < -0.3 is 20.9 Å². The van der Waals surface area contributed by atoms with Gasteiger partial charge in [-0.25, -0.2) is 4.79 Å². The molecular weight excluding hydrogens is 224 g/mol. The molecule has 98 valence electrons. The number of rotatable bonds is 5. The number of amides is 1. The average molecular weight is 244 g/mol. The van der Waals surface area contributed by atoms with E-state index in [1.54, 1.807) is 6.92 Å². The predicted molar refractivity (Wildman–Crippen MR) is 61.4 cm³/mol. The van der Waals surface area contributed by atoms with Crippen LogP contribution in [0.2, 0.25) is 0 Å². The van der Waals surface area contributed by atoms with Crippen LogP contribution in [0.5, 0.6) is 0 Å². The normalized spacial score (nSPS) is 27.5. The molecular formula is C11H20N2O4. The van der Waals surface area contributed by atoms with Gasteiger partial charge in [0.25, 0.3) is 0 Å². The molecule has 1 saturated heterocycles. The lowest BCUT2D eigenvalue weighted by molar-refractivity contribution is -0.149. The van der Waals surface area contributed by atoms with E-state index in [9.17, 15) is 9.59 Å². The number of ether oxygens (including phenoxy) is 1. The first-order chi connectivity index (χ1) is 7.86. The summed E-state index contributed by atoms with van der Waals surface area (Å²) in [4.78, 5) is 22.3. The maximum Gasteiger partial charge on any atom is 0.332 e. The third-order valence-electron chi connectivity index (χ3n) is 3.13. The summed E-state index contributed by atoms with van der Waals surface area (Å²) in [5.74, 6) is -1.18. The van der Waals surface area contributed by atoms with E-state index in [0.717, 1.165) is 0 Å². The van der Waals surface area contributed by atoms with Gasteiger partial charge in [0.05, 0.1) is 11.6 Å². The SMILES string of the molecule is CCC(C)(N)C(=O)NCC1CCC(C(=O)O)O1. The van der Waals surface area contributed by atoms with Crippen LogP contribution in [0.15, 0.2) is 0 Å². The summed E-state index contributed by atoms with van der Waals surface area (Å²) in [6.45, 7) is 3.82. The van der Waals surface area contributed by atoms with Gasteiger partial charge in [-0.05, 0) is 26.2 Å². The predicted octanol–water partition coefficient (Wildman–Crippen LogP) is -0.138. The molecule has 6 heteroatoms. The lowest BCUT2D eigenvalue weighted by Crippen LogP contribution is -2.52. The van der Waals surface area contributed by atoms with Gasteiger partial charge in [-0.3, -0.25) is 4.79 Å². The number of carbonyl (C=O) groups excluding carboxylic acids is 1. The fourth-order valence-electron chi connectivity index (χ4n) is 1.61. The molecule has 1 aliphatic rings. The van der Waals surface area contributed by atoms with Crippen molar-refractivity contribution in [2.75, 3.05) is 6.54 Å². The standard InChI is InChI=1S/C11H20N2O4/c1-3-11(2,12)10(16)13-6-7-4-5-8(17-7)9(14)15/h7-8H,3-6,12H2,1-2H3,(H,13,16)(H,14,15). The van der Waals surface area contributed by atoms with Gasteiger partial charge in [0, 0.05) is 6.54 Å². The topological polar surface area (TPSA) is 102 Å². The van der Waals surface area contributed by atoms with Gasteiger partial charge in [0.2, 0.25) is 5.91 Å². The van der Waals surface area contributed by atoms with E-state index in [0.29, 0.717) is 25.8 Å². The first kappa shape index (κ1) is 13.9. The van der Waals surface area contributed by atoms with E-state index in [-0.39, 0.29) is 12.0 Å². The average Bonchev–Trinajstić information content (AvgIpc) is 2.74. The number of carboxylic acids is 1. The molecule has 3 unspecified atom stereocenters. The monoisotopic (exact) mass is 244 g/mol. The molecule has 0 saturated carbocycles. The zero-order chi connectivity index (χ0) is 13.1. The number of nitrogens with one attached hydrogen (secondary N) is 1. The molecule has 4 N–H and O–H groups in total. The molecule has 0 bridgehead atoms. The molecule has 3 atom stereocenters. The van der Waals surface area contributed by atoms with Crippen molar-refractivity contribution >= 4 is 11.9 Å². The van der Waals surface area contributed by atoms with Gasteiger partial charge in [-0.15, -0.1) is 0 Å². The minimum absolute atomic E-state index is 0.229. The van der Waals surface area contributed by atoms with Crippen molar-refractivity contribution in [3.05, 3.63) is 0 Å². The summed E-state index contributed by atoms with van der Waals surface area (Å²) in [5, 5.41) is 11.4. The van der Waals surface area contributed by atoms with Crippen molar-refractivity contribution < 1.29 is 19.4 Å². The maximum atomic E-state index is 11.7. The summed E-state index contributed by atoms with van der Waals surface area (Å²) in [5.41, 5.74) is 4.89. The van der Waals surface area contributed by atoms with E-state index < -0.39 is 17.6 Å². The second-order valence-electron chi connectivity index (χ2n) is 4.64. The maximum absolute atomic E-state index is 11.7. The van der Waals surface area contributed by atoms with Gasteiger partial charge in [0.15, 0.2) is 6.10 Å². The van der Waals surface area contributed by atoms with E-state index in [1.165, 1.54) is 0 Å². The molecule has 0 aliphatic carbocycles. The first-order valence-corrected chi connectivity index (χ1v) is 5.82. The lowest BCUT2D eigenvalue weighted by Gasteiger charge is -2.22. The van der Waals surface area contributed by atoms with E-state index in [1.807, 2.05) is 6.92 Å². The van der Waals surface area contributed by atoms with Crippen molar-refractivity contribution in [1.29, 1.82) is 0 Å². The quantitative estimate of drug-likeness (QED) is 0.625. The summed E-state index contributed by atoms with van der Waals surface area (Å²) >= 11 is 0. The highest BCUT2D eigenvalue weighted by molar-refractivity contribution is 5.85. The number of nitrogens with two attached hydrogens (primary N) is 1. The third-order valence-corrected chi connectivity index (χ3v) is 3.13. The fourth-order valence-corrected chi connectivity index (χ4v) is 1.61. The zero-order valence-corrected chi connectivity index (χ0v) is 10.2. The Bertz CT molecular complexity index is 304. The molecule has 1 heterocycles. The number of hydrogen-bond donors (Lipinski definition) is 3. The molecule has 1 fully saturated rings. The molecule has 1 aliphatic heterocycles. The highest BCUT2D eigenvalue weighted by atomic mass is 16.5. The van der Waals surface area contributed by atoms with Crippen LogP contribution < -0.4 is 11.1 Å². The Morgan fingerprint density at radius 3 is 2.65 bits per heavy atom. The molecule has 0 aromatic carbocycles. The molecule has 0 spiro atoms. The van der Waals surface area contributed by atoms with E-state index in [4.69, 9.17) is 15.6 Å². The van der Waals surface area contributed by atoms with Gasteiger partial charge in [0.1, 0.15) is 0 Å². The van der Waals surface area contributed by atoms with Crippen molar-refractivity contribution in [3.63, 3.8) is 0 Å². The smallest absolute Gasteiger partial charge is 0.332 e. The minimum atomic E-state index is -0.948. The second-order valence-corrected chi connectivity index (χ2v) is 4.64. The van der Waals surface area contributed by atoms with Gasteiger partial charge >= 0.3 is 5.97 Å². The molecule has 0 aromatic rings. The van der Waals surface area contributed by atoms with Gasteiger partial charge in [-0.1, -0.05) is 6.92 Å². The number of hydrogen-bond acceptors (Lipinski definition) is 4. The first-order valence-electron chi connectivity index (χ1n) is 5.82. The molecule has 1 amide bonds. The molecule has 0 aromatic heterocycles. The molecule has 0 radical (unpaired) electrons. The van der Waals surface area contributed by atoms with Crippen molar-refractivity contribution in [2.24, 2.45) is 5.73 Å². The van der Waals surface area contributed by atoms with Crippen molar-refractivity contribution in [2.45, 2.75) is 50.9 Å². The minimum Gasteiger partial charge on any atom is -0.479 e. The molecule has 1 rings (SSSR count). The lowest BCUT2D eigenvalue weighted by atomic mass is 9.99. The summed E-state index contributed by atoms with van der Waals surface area (Å²) < 4.78 is 5.26. The summed E-state index contributed by atoms with van der Waals surface area (Å²) in [6.07, 6.45) is 0.705. The van der Waals surface area contributed by atoms with Crippen LogP contribution in [0, 0.1) is 0 Å². The van der Waals surface area contributed by atoms with Gasteiger partial charge in [-0.2, -0.15) is 0 Å².